The Kier molecular flexibility index (Phi) is 3.12. The topological polar surface area (TPSA) is 53.1 Å². The van der Waals surface area contributed by atoms with E-state index < -0.39 is 11.4 Å². The molecule has 0 saturated carbocycles. The van der Waals surface area contributed by atoms with Crippen LogP contribution >= 0.6 is 0 Å². The molecule has 0 aliphatic heterocycles. The molecule has 0 bridgehead atoms. The lowest BCUT2D eigenvalue weighted by molar-refractivity contribution is -0.138. The fourth-order valence-corrected chi connectivity index (χ4v) is 2.38. The Balaban J connectivity index is 2.63. The van der Waals surface area contributed by atoms with E-state index in [0.717, 1.165) is 16.6 Å². The molecule has 2 N–H and O–H groups in total. The quantitative estimate of drug-likeness (QED) is 0.887. The van der Waals surface area contributed by atoms with E-state index in [4.69, 9.17) is 5.11 Å². The number of aromatic amines is 1. The van der Waals surface area contributed by atoms with Crippen molar-refractivity contribution in [2.45, 2.75) is 39.5 Å². The summed E-state index contributed by atoms with van der Waals surface area (Å²) >= 11 is 0. The van der Waals surface area contributed by atoms with Crippen LogP contribution in [-0.2, 0) is 10.2 Å². The van der Waals surface area contributed by atoms with Gasteiger partial charge in [-0.1, -0.05) is 13.8 Å². The van der Waals surface area contributed by atoms with Crippen molar-refractivity contribution in [1.82, 2.24) is 4.98 Å². The number of hydrogen-bond donors (Lipinski definition) is 2. The van der Waals surface area contributed by atoms with Gasteiger partial charge in [-0.05, 0) is 37.1 Å². The number of rotatable bonds is 3. The minimum Gasteiger partial charge on any atom is -0.481 e. The number of carbonyl (C=O) groups is 1. The highest BCUT2D eigenvalue weighted by atomic mass is 19.1. The van der Waals surface area contributed by atoms with Crippen molar-refractivity contribution in [3.8, 4) is 0 Å². The van der Waals surface area contributed by atoms with E-state index in [1.54, 1.807) is 0 Å². The maximum atomic E-state index is 14.1. The van der Waals surface area contributed by atoms with Gasteiger partial charge in [-0.25, -0.2) is 4.39 Å². The molecule has 0 spiro atoms. The van der Waals surface area contributed by atoms with Crippen molar-refractivity contribution in [3.63, 3.8) is 0 Å². The number of hydrogen-bond acceptors (Lipinski definition) is 1. The normalized spacial score (nSPS) is 12.1. The van der Waals surface area contributed by atoms with E-state index in [2.05, 4.69) is 4.98 Å². The Bertz CT molecular complexity index is 656. The molecule has 0 amide bonds. The summed E-state index contributed by atoms with van der Waals surface area (Å²) in [6.07, 6.45) is -0.0274. The summed E-state index contributed by atoms with van der Waals surface area (Å²) < 4.78 is 14.1. The summed E-state index contributed by atoms with van der Waals surface area (Å²) in [4.78, 5) is 13.9. The van der Waals surface area contributed by atoms with Gasteiger partial charge in [0.05, 0.1) is 11.9 Å². The van der Waals surface area contributed by atoms with E-state index in [1.807, 2.05) is 33.8 Å². The largest absolute Gasteiger partial charge is 0.481 e. The fraction of sp³-hybridized carbons (Fsp3) is 0.400. The highest BCUT2D eigenvalue weighted by Gasteiger charge is 2.26. The van der Waals surface area contributed by atoms with Crippen LogP contribution in [0.3, 0.4) is 0 Å². The standard InChI is InChI=1S/C15H18FNO2/c1-8-9(2)17-14-11(8)5-10(6-12(14)16)15(3,4)7-13(18)19/h5-6,17H,7H2,1-4H3,(H,18,19). The van der Waals surface area contributed by atoms with Crippen LogP contribution in [0.15, 0.2) is 12.1 Å². The molecule has 0 saturated heterocycles. The van der Waals surface area contributed by atoms with Gasteiger partial charge in [0.15, 0.2) is 0 Å². The molecule has 0 aliphatic carbocycles. The number of fused-ring (bicyclic) bond motifs is 1. The Morgan fingerprint density at radius 1 is 1.37 bits per heavy atom. The van der Waals surface area contributed by atoms with Gasteiger partial charge in [0, 0.05) is 16.5 Å². The third-order valence-corrected chi connectivity index (χ3v) is 3.74. The molecular formula is C15H18FNO2. The zero-order chi connectivity index (χ0) is 14.4. The lowest BCUT2D eigenvalue weighted by atomic mass is 9.81. The minimum atomic E-state index is -0.882. The second-order valence-corrected chi connectivity index (χ2v) is 5.71. The number of nitrogens with one attached hydrogen (secondary N) is 1. The number of benzene rings is 1. The lowest BCUT2D eigenvalue weighted by Gasteiger charge is -2.23. The number of halogens is 1. The average Bonchev–Trinajstić information content (AvgIpc) is 2.55. The van der Waals surface area contributed by atoms with Crippen molar-refractivity contribution in [2.75, 3.05) is 0 Å². The number of aryl methyl sites for hydroxylation is 2. The lowest BCUT2D eigenvalue weighted by Crippen LogP contribution is -2.21. The van der Waals surface area contributed by atoms with Gasteiger partial charge >= 0.3 is 5.97 Å². The predicted molar refractivity (Wildman–Crippen MR) is 73.0 cm³/mol. The van der Waals surface area contributed by atoms with Crippen molar-refractivity contribution in [2.24, 2.45) is 0 Å². The smallest absolute Gasteiger partial charge is 0.304 e. The van der Waals surface area contributed by atoms with Crippen LogP contribution in [0.5, 0.6) is 0 Å². The molecule has 0 unspecified atom stereocenters. The first-order valence-corrected chi connectivity index (χ1v) is 6.23. The van der Waals surface area contributed by atoms with Gasteiger partial charge in [0.2, 0.25) is 0 Å². The Hall–Kier alpha value is -1.84. The second kappa shape index (κ2) is 4.37. The first kappa shape index (κ1) is 13.6. The van der Waals surface area contributed by atoms with E-state index in [9.17, 15) is 9.18 Å². The van der Waals surface area contributed by atoms with Gasteiger partial charge in [0.25, 0.3) is 0 Å². The van der Waals surface area contributed by atoms with Crippen LogP contribution < -0.4 is 0 Å². The average molecular weight is 263 g/mol. The molecule has 2 aromatic rings. The maximum absolute atomic E-state index is 14.1. The van der Waals surface area contributed by atoms with Gasteiger partial charge in [0.1, 0.15) is 5.82 Å². The highest BCUT2D eigenvalue weighted by molar-refractivity contribution is 5.86. The van der Waals surface area contributed by atoms with Gasteiger partial charge in [-0.2, -0.15) is 0 Å². The molecular weight excluding hydrogens is 245 g/mol. The van der Waals surface area contributed by atoms with E-state index in [0.29, 0.717) is 11.1 Å². The van der Waals surface area contributed by atoms with Crippen LogP contribution in [0.25, 0.3) is 10.9 Å². The molecule has 1 heterocycles. The number of carboxylic acid groups (broad SMARTS) is 1. The molecule has 1 aromatic heterocycles. The zero-order valence-electron chi connectivity index (χ0n) is 11.6. The van der Waals surface area contributed by atoms with E-state index in [-0.39, 0.29) is 12.2 Å². The summed E-state index contributed by atoms with van der Waals surface area (Å²) in [6, 6.07) is 3.32. The van der Waals surface area contributed by atoms with Crippen LogP contribution in [0, 0.1) is 19.7 Å². The summed E-state index contributed by atoms with van der Waals surface area (Å²) in [7, 11) is 0. The number of aliphatic carboxylic acids is 1. The maximum Gasteiger partial charge on any atom is 0.304 e. The Morgan fingerprint density at radius 3 is 2.58 bits per heavy atom. The highest BCUT2D eigenvalue weighted by Crippen LogP contribution is 2.33. The molecule has 0 radical (unpaired) electrons. The first-order valence-electron chi connectivity index (χ1n) is 6.23. The Labute approximate surface area is 111 Å². The SMILES string of the molecule is Cc1[nH]c2c(F)cc(C(C)(C)CC(=O)O)cc2c1C. The molecule has 4 heteroatoms. The zero-order valence-corrected chi connectivity index (χ0v) is 11.6. The summed E-state index contributed by atoms with van der Waals surface area (Å²) in [5.74, 6) is -1.21. The molecule has 3 nitrogen and oxygen atoms in total. The molecule has 0 fully saturated rings. The third-order valence-electron chi connectivity index (χ3n) is 3.74. The minimum absolute atomic E-state index is 0.0274. The Morgan fingerprint density at radius 2 is 2.00 bits per heavy atom. The molecule has 102 valence electrons. The van der Waals surface area contributed by atoms with Crippen LogP contribution in [0.4, 0.5) is 4.39 Å². The fourth-order valence-electron chi connectivity index (χ4n) is 2.38. The van der Waals surface area contributed by atoms with E-state index >= 15 is 0 Å². The van der Waals surface area contributed by atoms with Crippen LogP contribution in [0.2, 0.25) is 0 Å². The molecule has 19 heavy (non-hydrogen) atoms. The predicted octanol–water partition coefficient (Wildman–Crippen LogP) is 3.68. The summed E-state index contributed by atoms with van der Waals surface area (Å²) in [6.45, 7) is 7.46. The van der Waals surface area contributed by atoms with Gasteiger partial charge in [-0.15, -0.1) is 0 Å². The molecule has 0 aliphatic rings. The van der Waals surface area contributed by atoms with Gasteiger partial charge < -0.3 is 10.1 Å². The summed E-state index contributed by atoms with van der Waals surface area (Å²) in [5.41, 5.74) is 2.54. The monoisotopic (exact) mass is 263 g/mol. The number of carboxylic acids is 1. The van der Waals surface area contributed by atoms with E-state index in [1.165, 1.54) is 6.07 Å². The first-order chi connectivity index (χ1) is 8.72. The second-order valence-electron chi connectivity index (χ2n) is 5.71. The van der Waals surface area contributed by atoms with Crippen LogP contribution in [0.1, 0.15) is 37.1 Å². The van der Waals surface area contributed by atoms with Crippen molar-refractivity contribution >= 4 is 16.9 Å². The van der Waals surface area contributed by atoms with Crippen molar-refractivity contribution in [3.05, 3.63) is 34.8 Å². The number of aromatic nitrogens is 1. The van der Waals surface area contributed by atoms with Crippen molar-refractivity contribution < 1.29 is 14.3 Å². The van der Waals surface area contributed by atoms with Crippen LogP contribution in [-0.4, -0.2) is 16.1 Å². The van der Waals surface area contributed by atoms with Crippen molar-refractivity contribution in [1.29, 1.82) is 0 Å². The third kappa shape index (κ3) is 2.35. The number of H-pyrrole nitrogens is 1. The molecule has 0 atom stereocenters. The molecule has 2 rings (SSSR count). The van der Waals surface area contributed by atoms with Gasteiger partial charge in [-0.3, -0.25) is 4.79 Å². The molecule has 1 aromatic carbocycles. The summed E-state index contributed by atoms with van der Waals surface area (Å²) in [5, 5.41) is 9.78.